The van der Waals surface area contributed by atoms with Crippen molar-refractivity contribution in [3.05, 3.63) is 86.3 Å². The molecule has 1 amide bonds. The molecule has 4 N–H and O–H groups in total. The predicted octanol–water partition coefficient (Wildman–Crippen LogP) is 4.17. The van der Waals surface area contributed by atoms with Crippen molar-refractivity contribution >= 4 is 23.3 Å². The first-order valence-electron chi connectivity index (χ1n) is 12.3. The van der Waals surface area contributed by atoms with Crippen molar-refractivity contribution in [2.45, 2.75) is 43.7 Å². The smallest absolute Gasteiger partial charge is 0.254 e. The van der Waals surface area contributed by atoms with Crippen molar-refractivity contribution in [3.8, 4) is 22.4 Å². The lowest BCUT2D eigenvalue weighted by molar-refractivity contribution is 0.0929. The van der Waals surface area contributed by atoms with Crippen molar-refractivity contribution in [3.63, 3.8) is 0 Å². The topological polar surface area (TPSA) is 119 Å². The summed E-state index contributed by atoms with van der Waals surface area (Å²) in [6.45, 7) is 0. The van der Waals surface area contributed by atoms with Gasteiger partial charge in [0, 0.05) is 28.4 Å². The summed E-state index contributed by atoms with van der Waals surface area (Å²) >= 11 is 6.15. The number of aromatic nitrogens is 4. The van der Waals surface area contributed by atoms with E-state index in [0.29, 0.717) is 42.0 Å². The molecule has 1 saturated carbocycles. The Hall–Kier alpha value is -4.05. The lowest BCUT2D eigenvalue weighted by Crippen LogP contribution is -2.41. The van der Waals surface area contributed by atoms with Crippen LogP contribution in [0.4, 0.5) is 14.6 Å². The van der Waals surface area contributed by atoms with Crippen LogP contribution in [0.3, 0.4) is 0 Å². The largest absolute Gasteiger partial charge is 0.384 e. The Morgan fingerprint density at radius 2 is 1.92 bits per heavy atom. The number of carbonyl (C=O) groups excluding carboxylic acids is 1. The van der Waals surface area contributed by atoms with Gasteiger partial charge in [0.1, 0.15) is 17.5 Å². The van der Waals surface area contributed by atoms with Gasteiger partial charge in [-0.25, -0.2) is 14.4 Å². The number of H-pyrrole nitrogens is 1. The Balaban J connectivity index is 1.39. The van der Waals surface area contributed by atoms with Crippen molar-refractivity contribution in [1.82, 2.24) is 24.8 Å². The maximum Gasteiger partial charge on any atom is 0.254 e. The molecule has 7 rings (SSSR count). The minimum atomic E-state index is -0.740. The Kier molecular flexibility index (Phi) is 4.85. The van der Waals surface area contributed by atoms with E-state index >= 15 is 4.39 Å². The van der Waals surface area contributed by atoms with Crippen molar-refractivity contribution in [2.75, 3.05) is 5.73 Å². The van der Waals surface area contributed by atoms with Crippen molar-refractivity contribution in [2.24, 2.45) is 0 Å². The molecule has 5 heterocycles. The number of amides is 1. The molecule has 1 aliphatic carbocycles. The number of fused-ring (bicyclic) bond motifs is 5. The van der Waals surface area contributed by atoms with E-state index in [9.17, 15) is 14.0 Å². The number of nitrogen functional groups attached to an aromatic ring is 1. The third kappa shape index (κ3) is 3.39. The Morgan fingerprint density at radius 1 is 1.11 bits per heavy atom. The number of rotatable bonds is 2. The van der Waals surface area contributed by atoms with Crippen molar-refractivity contribution < 1.29 is 13.6 Å². The van der Waals surface area contributed by atoms with Gasteiger partial charge in [0.25, 0.3) is 11.5 Å². The number of hydrogen-bond donors (Lipinski definition) is 3. The second kappa shape index (κ2) is 7.97. The highest BCUT2D eigenvalue weighted by molar-refractivity contribution is 6.31. The fourth-order valence-electron chi connectivity index (χ4n) is 5.86. The summed E-state index contributed by atoms with van der Waals surface area (Å²) in [6.07, 6.45) is 4.40. The quantitative estimate of drug-likeness (QED) is 0.334. The van der Waals surface area contributed by atoms with Crippen LogP contribution in [0.5, 0.6) is 0 Å². The molecule has 1 aromatic carbocycles. The molecule has 3 aliphatic rings. The summed E-state index contributed by atoms with van der Waals surface area (Å²) in [5.41, 5.74) is 7.28. The molecule has 38 heavy (non-hydrogen) atoms. The molecule has 0 saturated heterocycles. The number of carbonyl (C=O) groups is 1. The minimum absolute atomic E-state index is 0.0595. The molecular weight excluding hydrogens is 514 g/mol. The highest BCUT2D eigenvalue weighted by Gasteiger charge is 2.47. The third-order valence-electron chi connectivity index (χ3n) is 7.83. The fourth-order valence-corrected chi connectivity index (χ4v) is 6.02. The maximum atomic E-state index is 15.5. The Labute approximate surface area is 219 Å². The standard InChI is InChI=1S/C27H21ClF2N6O2/c28-15-3-1-12-10-27(7-8-27)35-26(38)22-14(21(12)23(15)29)9-20(37)36-17(22)4-5-18(36)25-32-11-16(33-25)13-2-6-19(31)34-24(13)30/h1-3,6,9,11,18H,4-5,7-8,10H2,(H2,31,34)(H,32,33)(H,35,38)/t18-/m0/s1. The van der Waals surface area contributed by atoms with Gasteiger partial charge in [0.2, 0.25) is 5.95 Å². The molecule has 2 aliphatic heterocycles. The molecule has 1 fully saturated rings. The lowest BCUT2D eigenvalue weighted by atomic mass is 9.88. The molecule has 0 radical (unpaired) electrons. The van der Waals surface area contributed by atoms with Crippen LogP contribution in [0.25, 0.3) is 22.4 Å². The fraction of sp³-hybridized carbons (Fsp3) is 0.259. The number of pyridine rings is 2. The molecular formula is C27H21ClF2N6O2. The van der Waals surface area contributed by atoms with Gasteiger partial charge >= 0.3 is 0 Å². The Bertz CT molecular complexity index is 1740. The number of benzene rings is 1. The SMILES string of the molecule is Nc1ccc(-c2cnc([C@@H]3CCc4c5c(cc(=O)n43)-c3c(ccc(Cl)c3F)CC3(CC3)NC5=O)[nH]2)c(F)n1. The number of nitrogens with one attached hydrogen (secondary N) is 2. The van der Waals surface area contributed by atoms with Gasteiger partial charge in [-0.1, -0.05) is 17.7 Å². The van der Waals surface area contributed by atoms with Crippen LogP contribution in [0, 0.1) is 11.8 Å². The molecule has 11 heteroatoms. The van der Waals surface area contributed by atoms with Crippen LogP contribution in [0.15, 0.2) is 41.3 Å². The lowest BCUT2D eigenvalue weighted by Gasteiger charge is -2.27. The van der Waals surface area contributed by atoms with Gasteiger partial charge in [0.05, 0.1) is 34.1 Å². The molecule has 3 aromatic heterocycles. The van der Waals surface area contributed by atoms with Crippen LogP contribution in [0.2, 0.25) is 5.02 Å². The molecule has 0 bridgehead atoms. The highest BCUT2D eigenvalue weighted by Crippen LogP contribution is 2.46. The van der Waals surface area contributed by atoms with E-state index in [4.69, 9.17) is 17.3 Å². The van der Waals surface area contributed by atoms with E-state index in [2.05, 4.69) is 20.3 Å². The minimum Gasteiger partial charge on any atom is -0.384 e. The molecule has 1 spiro atoms. The Morgan fingerprint density at radius 3 is 2.68 bits per heavy atom. The first-order valence-corrected chi connectivity index (χ1v) is 12.7. The number of nitrogens with zero attached hydrogens (tertiary/aromatic N) is 3. The second-order valence-corrected chi connectivity index (χ2v) is 10.6. The van der Waals surface area contributed by atoms with Gasteiger partial charge in [-0.2, -0.15) is 4.39 Å². The van der Waals surface area contributed by atoms with Gasteiger partial charge in [-0.05, 0) is 55.9 Å². The van der Waals surface area contributed by atoms with E-state index in [1.165, 1.54) is 35.0 Å². The van der Waals surface area contributed by atoms with Gasteiger partial charge < -0.3 is 20.6 Å². The van der Waals surface area contributed by atoms with E-state index < -0.39 is 23.3 Å². The van der Waals surface area contributed by atoms with Crippen LogP contribution in [-0.2, 0) is 12.8 Å². The first kappa shape index (κ1) is 23.1. The zero-order valence-electron chi connectivity index (χ0n) is 19.9. The number of imidazole rings is 1. The van der Waals surface area contributed by atoms with E-state index in [1.54, 1.807) is 6.07 Å². The summed E-state index contributed by atoms with van der Waals surface area (Å²) in [7, 11) is 0. The van der Waals surface area contributed by atoms with Gasteiger partial charge in [0.15, 0.2) is 0 Å². The predicted molar refractivity (Wildman–Crippen MR) is 137 cm³/mol. The molecule has 0 unspecified atom stereocenters. The number of aromatic amines is 1. The molecule has 4 aromatic rings. The molecule has 192 valence electrons. The van der Waals surface area contributed by atoms with Gasteiger partial charge in [-0.3, -0.25) is 9.59 Å². The summed E-state index contributed by atoms with van der Waals surface area (Å²) in [4.78, 5) is 38.3. The van der Waals surface area contributed by atoms with Crippen LogP contribution in [-0.4, -0.2) is 31.0 Å². The zero-order valence-corrected chi connectivity index (χ0v) is 20.7. The van der Waals surface area contributed by atoms with E-state index in [-0.39, 0.29) is 44.6 Å². The van der Waals surface area contributed by atoms with Crippen LogP contribution >= 0.6 is 11.6 Å². The summed E-state index contributed by atoms with van der Waals surface area (Å²) in [5.74, 6) is -1.21. The highest BCUT2D eigenvalue weighted by atomic mass is 35.5. The van der Waals surface area contributed by atoms with Crippen LogP contribution in [0.1, 0.15) is 52.7 Å². The summed E-state index contributed by atoms with van der Waals surface area (Å²) in [5, 5.41) is 3.09. The van der Waals surface area contributed by atoms with Crippen molar-refractivity contribution in [1.29, 1.82) is 0 Å². The molecule has 8 nitrogen and oxygen atoms in total. The average Bonchev–Trinajstić information content (AvgIpc) is 3.24. The maximum absolute atomic E-state index is 15.5. The molecule has 1 atom stereocenters. The number of hydrogen-bond acceptors (Lipinski definition) is 5. The van der Waals surface area contributed by atoms with E-state index in [0.717, 1.165) is 12.8 Å². The normalized spacial score (nSPS) is 18.8. The number of halogens is 3. The first-order chi connectivity index (χ1) is 18.2. The third-order valence-corrected chi connectivity index (χ3v) is 8.12. The number of anilines is 1. The summed E-state index contributed by atoms with van der Waals surface area (Å²) < 4.78 is 31.4. The number of nitrogens with two attached hydrogens (primary N) is 1. The second-order valence-electron chi connectivity index (χ2n) is 10.2. The average molecular weight is 535 g/mol. The van der Waals surface area contributed by atoms with Gasteiger partial charge in [-0.15, -0.1) is 0 Å². The summed E-state index contributed by atoms with van der Waals surface area (Å²) in [6, 6.07) is 7.07. The monoisotopic (exact) mass is 534 g/mol. The zero-order chi connectivity index (χ0) is 26.3. The van der Waals surface area contributed by atoms with E-state index in [1.807, 2.05) is 0 Å². The van der Waals surface area contributed by atoms with Crippen LogP contribution < -0.4 is 16.6 Å².